The molecule has 0 N–H and O–H groups in total. The Morgan fingerprint density at radius 1 is 0.659 bits per heavy atom. The topological polar surface area (TPSA) is 0 Å². The summed E-state index contributed by atoms with van der Waals surface area (Å²) in [6.45, 7) is 19.1. The fourth-order valence-corrected chi connectivity index (χ4v) is 14.6. The first-order chi connectivity index (χ1) is 19.9. The van der Waals surface area contributed by atoms with E-state index in [1.54, 1.807) is 15.3 Å². The van der Waals surface area contributed by atoms with E-state index in [4.69, 9.17) is 0 Å². The number of benzene rings is 4. The third-order valence-electron chi connectivity index (χ3n) is 8.94. The van der Waals surface area contributed by atoms with Gasteiger partial charge in [0.1, 0.15) is 0 Å². The van der Waals surface area contributed by atoms with Gasteiger partial charge in [0.15, 0.2) is 0 Å². The summed E-state index contributed by atoms with van der Waals surface area (Å²) in [5.41, 5.74) is 14.6. The molecule has 0 radical (unpaired) electrons. The van der Waals surface area contributed by atoms with Crippen molar-refractivity contribution in [3.8, 4) is 33.4 Å². The maximum Gasteiger partial charge on any atom is -1.00 e. The number of fused-ring (bicyclic) bond motifs is 3. The Morgan fingerprint density at radius 3 is 1.75 bits per heavy atom. The molecule has 226 valence electrons. The first-order valence-electron chi connectivity index (χ1n) is 15.5. The van der Waals surface area contributed by atoms with Gasteiger partial charge < -0.3 is 24.8 Å². The van der Waals surface area contributed by atoms with E-state index in [1.165, 1.54) is 50.1 Å². The second-order valence-electron chi connectivity index (χ2n) is 14.4. The number of allylic oxidation sites excluding steroid dienone is 4. The summed E-state index contributed by atoms with van der Waals surface area (Å²) >= 11 is -2.39. The smallest absolute Gasteiger partial charge is 1.00 e. The van der Waals surface area contributed by atoms with Crippen LogP contribution >= 0.6 is 0 Å². The molecule has 2 aliphatic rings. The molecule has 0 saturated carbocycles. The van der Waals surface area contributed by atoms with Gasteiger partial charge in [-0.25, -0.2) is 0 Å². The van der Waals surface area contributed by atoms with Gasteiger partial charge in [-0.15, -0.1) is 0 Å². The summed E-state index contributed by atoms with van der Waals surface area (Å²) in [6.07, 6.45) is 9.26. The van der Waals surface area contributed by atoms with E-state index in [1.807, 2.05) is 0 Å². The quantitative estimate of drug-likeness (QED) is 0.260. The Balaban J connectivity index is 0.00000221. The molecule has 3 heteroatoms. The standard InChI is InChI=1S/C33H33.C5H5.C3H6.2ClH.Zr/c1-32(2,3)30-20-26-24(18-28(30)22-13-9-7-10-14-22)17-25-19-29(23-15-11-8-12-16-23)31(21-27(25)26)33(4,5)6;1-2-4-5-3-1;1-3-2;;;/h7-16,18,20-21H,17H2,1-6H3;1-3H,4H2;1-2H3;2*1H;/q;;;;;+2/p-2. The van der Waals surface area contributed by atoms with Crippen molar-refractivity contribution in [1.82, 2.24) is 0 Å². The SMILES string of the molecule is C[C](C)=[Zr+2]([C]1=CC=CC1)[c]1c2c(cc(C(C)(C)C)c1-c1ccccc1)-c1cc(C(C)(C)C)c(-c3ccccc3)cc1C2.[Cl-].[Cl-]. The minimum absolute atomic E-state index is 0. The summed E-state index contributed by atoms with van der Waals surface area (Å²) < 4.78 is 5.09. The van der Waals surface area contributed by atoms with Gasteiger partial charge >= 0.3 is 263 Å². The van der Waals surface area contributed by atoms with E-state index in [0.29, 0.717) is 0 Å². The van der Waals surface area contributed by atoms with Crippen molar-refractivity contribution >= 4 is 6.48 Å². The molecule has 0 unspecified atom stereocenters. The molecule has 0 saturated heterocycles. The molecular weight excluding hydrogens is 655 g/mol. The van der Waals surface area contributed by atoms with Crippen LogP contribution < -0.4 is 28.1 Å². The predicted octanol–water partition coefficient (Wildman–Crippen LogP) is 4.49. The van der Waals surface area contributed by atoms with Crippen LogP contribution in [0.25, 0.3) is 33.4 Å². The van der Waals surface area contributed by atoms with Crippen molar-refractivity contribution in [1.29, 1.82) is 0 Å². The van der Waals surface area contributed by atoms with Gasteiger partial charge in [-0.05, 0) is 0 Å². The van der Waals surface area contributed by atoms with Crippen LogP contribution in [0.4, 0.5) is 0 Å². The van der Waals surface area contributed by atoms with E-state index in [9.17, 15) is 0 Å². The zero-order chi connectivity index (χ0) is 29.8. The molecular formula is C41H44Cl2Zr. The van der Waals surface area contributed by atoms with E-state index < -0.39 is 21.3 Å². The van der Waals surface area contributed by atoms with Crippen LogP contribution in [0.2, 0.25) is 0 Å². The molecule has 44 heavy (non-hydrogen) atoms. The van der Waals surface area contributed by atoms with Crippen LogP contribution in [-0.2, 0) is 38.5 Å². The molecule has 0 bridgehead atoms. The Labute approximate surface area is 285 Å². The second-order valence-corrected chi connectivity index (χ2v) is 21.5. The van der Waals surface area contributed by atoms with Crippen molar-refractivity contribution in [2.75, 3.05) is 0 Å². The molecule has 0 fully saturated rings. The first kappa shape index (κ1) is 34.6. The van der Waals surface area contributed by atoms with Gasteiger partial charge in [0.25, 0.3) is 0 Å². The van der Waals surface area contributed by atoms with Crippen molar-refractivity contribution < 1.29 is 46.1 Å². The molecule has 2 aliphatic carbocycles. The normalized spacial score (nSPS) is 13.2. The largest absolute Gasteiger partial charge is 1.00 e. The molecule has 0 atom stereocenters. The summed E-state index contributed by atoms with van der Waals surface area (Å²) in [6, 6.07) is 30.0. The van der Waals surface area contributed by atoms with Crippen molar-refractivity contribution in [3.05, 3.63) is 123 Å². The molecule has 0 aliphatic heterocycles. The van der Waals surface area contributed by atoms with Crippen molar-refractivity contribution in [3.63, 3.8) is 0 Å². The minimum Gasteiger partial charge on any atom is -1.00 e. The first-order valence-corrected chi connectivity index (χ1v) is 19.2. The third-order valence-corrected chi connectivity index (χ3v) is 16.5. The summed E-state index contributed by atoms with van der Waals surface area (Å²) in [5, 5.41) is 0. The Morgan fingerprint density at radius 2 is 1.23 bits per heavy atom. The van der Waals surface area contributed by atoms with Gasteiger partial charge in [-0.2, -0.15) is 0 Å². The molecule has 6 rings (SSSR count). The second kappa shape index (κ2) is 13.2. The van der Waals surface area contributed by atoms with Gasteiger partial charge in [-0.3, -0.25) is 0 Å². The van der Waals surface area contributed by atoms with Crippen LogP contribution in [0.1, 0.15) is 84.1 Å². The van der Waals surface area contributed by atoms with Crippen LogP contribution in [0.15, 0.2) is 100 Å². The zero-order valence-corrected chi connectivity index (χ0v) is 31.4. The van der Waals surface area contributed by atoms with Crippen LogP contribution in [0.3, 0.4) is 0 Å². The number of rotatable bonds is 4. The molecule has 0 nitrogen and oxygen atoms in total. The number of hydrogen-bond donors (Lipinski definition) is 0. The number of hydrogen-bond acceptors (Lipinski definition) is 0. The van der Waals surface area contributed by atoms with Gasteiger partial charge in [0, 0.05) is 0 Å². The molecule has 0 aromatic heterocycles. The van der Waals surface area contributed by atoms with E-state index >= 15 is 0 Å². The van der Waals surface area contributed by atoms with Crippen molar-refractivity contribution in [2.45, 2.75) is 79.1 Å². The van der Waals surface area contributed by atoms with Crippen molar-refractivity contribution in [2.24, 2.45) is 0 Å². The molecule has 4 aromatic rings. The van der Waals surface area contributed by atoms with Crippen LogP contribution in [-0.4, -0.2) is 3.21 Å². The fraction of sp³-hybridized carbons (Fsp3) is 0.293. The molecule has 0 spiro atoms. The minimum atomic E-state index is -2.39. The van der Waals surface area contributed by atoms with E-state index in [2.05, 4.69) is 152 Å². The van der Waals surface area contributed by atoms with Gasteiger partial charge in [-0.1, -0.05) is 0 Å². The summed E-state index contributed by atoms with van der Waals surface area (Å²) in [5.74, 6) is 0. The molecule has 0 amide bonds. The molecule has 0 heterocycles. The Bertz CT molecular complexity index is 1770. The zero-order valence-electron chi connectivity index (χ0n) is 27.4. The molecule has 4 aromatic carbocycles. The summed E-state index contributed by atoms with van der Waals surface area (Å²) in [7, 11) is 0. The monoisotopic (exact) mass is 696 g/mol. The van der Waals surface area contributed by atoms with Gasteiger partial charge in [0.2, 0.25) is 0 Å². The van der Waals surface area contributed by atoms with E-state index in [-0.39, 0.29) is 35.6 Å². The average Bonchev–Trinajstić information content (AvgIpc) is 3.60. The van der Waals surface area contributed by atoms with Gasteiger partial charge in [0.05, 0.1) is 0 Å². The third kappa shape index (κ3) is 6.36. The maximum atomic E-state index is 2.59. The van der Waals surface area contributed by atoms with Crippen LogP contribution in [0, 0.1) is 0 Å². The average molecular weight is 699 g/mol. The number of halogens is 2. The maximum absolute atomic E-state index is 2.59. The summed E-state index contributed by atoms with van der Waals surface area (Å²) in [4.78, 5) is 0. The van der Waals surface area contributed by atoms with Crippen LogP contribution in [0.5, 0.6) is 0 Å². The van der Waals surface area contributed by atoms with E-state index in [0.717, 1.165) is 12.8 Å². The fourth-order valence-electron chi connectivity index (χ4n) is 6.99. The Kier molecular flexibility index (Phi) is 10.4. The predicted molar refractivity (Wildman–Crippen MR) is 181 cm³/mol. The Hall–Kier alpha value is -2.31.